The normalized spacial score (nSPS) is 16.1. The molecule has 0 radical (unpaired) electrons. The lowest BCUT2D eigenvalue weighted by atomic mass is 9.85. The van der Waals surface area contributed by atoms with Gasteiger partial charge in [-0.3, -0.25) is 0 Å². The van der Waals surface area contributed by atoms with Crippen LogP contribution >= 0.6 is 12.4 Å². The van der Waals surface area contributed by atoms with Gasteiger partial charge in [0.15, 0.2) is 0 Å². The van der Waals surface area contributed by atoms with Crippen molar-refractivity contribution in [1.29, 1.82) is 0 Å². The molecule has 1 fully saturated rings. The molecule has 26 heavy (non-hydrogen) atoms. The highest BCUT2D eigenvalue weighted by atomic mass is 35.5. The summed E-state index contributed by atoms with van der Waals surface area (Å²) in [7, 11) is 0. The third kappa shape index (κ3) is 5.26. The second-order valence-electron chi connectivity index (χ2n) is 7.58. The van der Waals surface area contributed by atoms with Crippen molar-refractivity contribution in [2.24, 2.45) is 5.92 Å². The molecule has 0 bridgehead atoms. The summed E-state index contributed by atoms with van der Waals surface area (Å²) in [6, 6.07) is 11.1. The maximum atomic E-state index is 6.22. The summed E-state index contributed by atoms with van der Waals surface area (Å²) in [4.78, 5) is 0. The first-order valence-electron chi connectivity index (χ1n) is 9.94. The number of hydrogen-bond acceptors (Lipinski definition) is 2. The molecule has 0 spiro atoms. The van der Waals surface area contributed by atoms with Crippen molar-refractivity contribution >= 4 is 12.4 Å². The average molecular weight is 377 g/mol. The minimum atomic E-state index is 0. The second kappa shape index (κ2) is 10.0. The molecule has 1 aromatic carbocycles. The highest BCUT2D eigenvalue weighted by Gasteiger charge is 2.24. The first kappa shape index (κ1) is 20.8. The van der Waals surface area contributed by atoms with Crippen LogP contribution in [0.5, 0.6) is 5.88 Å². The molecule has 3 rings (SSSR count). The lowest BCUT2D eigenvalue weighted by Crippen LogP contribution is -2.21. The van der Waals surface area contributed by atoms with Gasteiger partial charge in [0.25, 0.3) is 0 Å². The Morgan fingerprint density at radius 1 is 1.19 bits per heavy atom. The van der Waals surface area contributed by atoms with E-state index in [0.29, 0.717) is 12.6 Å². The van der Waals surface area contributed by atoms with Crippen molar-refractivity contribution in [3.8, 4) is 5.88 Å². The van der Waals surface area contributed by atoms with Crippen LogP contribution in [0.15, 0.2) is 30.3 Å². The van der Waals surface area contributed by atoms with Gasteiger partial charge in [0.05, 0.1) is 11.7 Å². The summed E-state index contributed by atoms with van der Waals surface area (Å²) in [5, 5.41) is 4.90. The Kier molecular flexibility index (Phi) is 8.02. The maximum absolute atomic E-state index is 6.22. The molecule has 1 aromatic heterocycles. The van der Waals surface area contributed by atoms with Gasteiger partial charge in [0, 0.05) is 6.07 Å². The third-order valence-corrected chi connectivity index (χ3v) is 5.45. The summed E-state index contributed by atoms with van der Waals surface area (Å²) in [5.41, 5.74) is 3.65. The molecule has 0 N–H and O–H groups in total. The van der Waals surface area contributed by atoms with E-state index < -0.39 is 0 Å². The summed E-state index contributed by atoms with van der Waals surface area (Å²) in [6.45, 7) is 7.25. The first-order chi connectivity index (χ1) is 12.2. The average Bonchev–Trinajstić information content (AvgIpc) is 3.03. The number of aryl methyl sites for hydroxylation is 2. The molecule has 0 aliphatic heterocycles. The fourth-order valence-electron chi connectivity index (χ4n) is 3.98. The molecule has 0 amide bonds. The fourth-order valence-corrected chi connectivity index (χ4v) is 3.98. The number of rotatable bonds is 7. The standard InChI is InChI=1S/C22H32N2O.ClH/c1-4-9-21-15-22(25-16-19-11-8-10-17(2)14-19)24(23-21)18(3)20-12-6-5-7-13-20;/h8,10-11,14-15,18,20H,4-7,9,12-13,16H2,1-3H3;1H. The Labute approximate surface area is 164 Å². The lowest BCUT2D eigenvalue weighted by molar-refractivity contribution is 0.209. The van der Waals surface area contributed by atoms with Crippen LogP contribution in [0.25, 0.3) is 0 Å². The Morgan fingerprint density at radius 3 is 2.65 bits per heavy atom. The molecule has 2 aromatic rings. The summed E-state index contributed by atoms with van der Waals surface area (Å²) in [6.07, 6.45) is 8.88. The third-order valence-electron chi connectivity index (χ3n) is 5.45. The van der Waals surface area contributed by atoms with Crippen LogP contribution < -0.4 is 4.74 Å². The minimum absolute atomic E-state index is 0. The molecule has 144 valence electrons. The zero-order valence-corrected chi connectivity index (χ0v) is 17.2. The van der Waals surface area contributed by atoms with Gasteiger partial charge in [-0.15, -0.1) is 12.4 Å². The molecule has 1 aliphatic rings. The van der Waals surface area contributed by atoms with Gasteiger partial charge in [-0.1, -0.05) is 62.4 Å². The number of halogens is 1. The molecule has 1 saturated carbocycles. The predicted octanol–water partition coefficient (Wildman–Crippen LogP) is 6.29. The first-order valence-corrected chi connectivity index (χ1v) is 9.94. The monoisotopic (exact) mass is 376 g/mol. The highest BCUT2D eigenvalue weighted by molar-refractivity contribution is 5.85. The van der Waals surface area contributed by atoms with Crippen molar-refractivity contribution in [3.63, 3.8) is 0 Å². The molecular weight excluding hydrogens is 344 g/mol. The molecule has 1 heterocycles. The van der Waals surface area contributed by atoms with Gasteiger partial charge in [0.2, 0.25) is 5.88 Å². The van der Waals surface area contributed by atoms with Gasteiger partial charge in [-0.05, 0) is 44.6 Å². The van der Waals surface area contributed by atoms with Gasteiger partial charge in [0.1, 0.15) is 6.61 Å². The Hall–Kier alpha value is -1.48. The van der Waals surface area contributed by atoms with Crippen LogP contribution in [-0.4, -0.2) is 9.78 Å². The van der Waals surface area contributed by atoms with E-state index in [9.17, 15) is 0 Å². The number of hydrogen-bond donors (Lipinski definition) is 0. The van der Waals surface area contributed by atoms with E-state index in [4.69, 9.17) is 9.84 Å². The Balaban J connectivity index is 0.00000243. The Morgan fingerprint density at radius 2 is 1.96 bits per heavy atom. The van der Waals surface area contributed by atoms with Crippen LogP contribution in [0.2, 0.25) is 0 Å². The molecule has 3 nitrogen and oxygen atoms in total. The summed E-state index contributed by atoms with van der Waals surface area (Å²) >= 11 is 0. The van der Waals surface area contributed by atoms with E-state index in [1.807, 2.05) is 0 Å². The molecule has 4 heteroatoms. The van der Waals surface area contributed by atoms with Crippen molar-refractivity contribution in [2.75, 3.05) is 0 Å². The predicted molar refractivity (Wildman–Crippen MR) is 110 cm³/mol. The zero-order valence-electron chi connectivity index (χ0n) is 16.4. The number of benzene rings is 1. The van der Waals surface area contributed by atoms with Crippen molar-refractivity contribution in [1.82, 2.24) is 9.78 Å². The fraction of sp³-hybridized carbons (Fsp3) is 0.591. The van der Waals surface area contributed by atoms with Crippen molar-refractivity contribution in [2.45, 2.75) is 78.4 Å². The quantitative estimate of drug-likeness (QED) is 0.568. The van der Waals surface area contributed by atoms with Gasteiger partial charge in [-0.25, -0.2) is 4.68 Å². The largest absolute Gasteiger partial charge is 0.473 e. The molecule has 1 unspecified atom stereocenters. The number of aromatic nitrogens is 2. The number of ether oxygens (including phenoxy) is 1. The van der Waals surface area contributed by atoms with Crippen LogP contribution in [0.4, 0.5) is 0 Å². The van der Waals surface area contributed by atoms with Crippen LogP contribution in [0, 0.1) is 12.8 Å². The topological polar surface area (TPSA) is 27.1 Å². The van der Waals surface area contributed by atoms with E-state index in [-0.39, 0.29) is 12.4 Å². The number of nitrogens with zero attached hydrogens (tertiary/aromatic N) is 2. The van der Waals surface area contributed by atoms with E-state index in [1.165, 1.54) is 43.2 Å². The van der Waals surface area contributed by atoms with E-state index in [2.05, 4.69) is 55.8 Å². The minimum Gasteiger partial charge on any atom is -0.473 e. The van der Waals surface area contributed by atoms with Gasteiger partial charge in [-0.2, -0.15) is 5.10 Å². The van der Waals surface area contributed by atoms with Crippen LogP contribution in [0.1, 0.15) is 75.2 Å². The van der Waals surface area contributed by atoms with E-state index in [1.54, 1.807) is 0 Å². The molecule has 1 aliphatic carbocycles. The molecular formula is C22H33ClN2O. The molecule has 1 atom stereocenters. The SMILES string of the molecule is CCCc1cc(OCc2cccc(C)c2)n(C(C)C2CCCCC2)n1.Cl. The molecule has 0 saturated heterocycles. The smallest absolute Gasteiger partial charge is 0.212 e. The van der Waals surface area contributed by atoms with Crippen molar-refractivity contribution in [3.05, 3.63) is 47.2 Å². The van der Waals surface area contributed by atoms with Gasteiger partial charge >= 0.3 is 0 Å². The lowest BCUT2D eigenvalue weighted by Gasteiger charge is -2.28. The summed E-state index contributed by atoms with van der Waals surface area (Å²) < 4.78 is 8.38. The maximum Gasteiger partial charge on any atom is 0.212 e. The van der Waals surface area contributed by atoms with Crippen LogP contribution in [-0.2, 0) is 13.0 Å². The van der Waals surface area contributed by atoms with Crippen molar-refractivity contribution < 1.29 is 4.74 Å². The van der Waals surface area contributed by atoms with E-state index in [0.717, 1.165) is 30.3 Å². The van der Waals surface area contributed by atoms with Crippen LogP contribution in [0.3, 0.4) is 0 Å². The van der Waals surface area contributed by atoms with E-state index >= 15 is 0 Å². The highest BCUT2D eigenvalue weighted by Crippen LogP contribution is 2.35. The Bertz CT molecular complexity index is 677. The second-order valence-corrected chi connectivity index (χ2v) is 7.58. The summed E-state index contributed by atoms with van der Waals surface area (Å²) in [5.74, 6) is 1.66. The van der Waals surface area contributed by atoms with Gasteiger partial charge < -0.3 is 4.74 Å². The zero-order chi connectivity index (χ0) is 17.6.